The summed E-state index contributed by atoms with van der Waals surface area (Å²) >= 11 is 0.993. The van der Waals surface area contributed by atoms with Gasteiger partial charge in [0, 0.05) is 50.6 Å². The number of piperidine rings is 1. The van der Waals surface area contributed by atoms with Crippen LogP contribution in [0.1, 0.15) is 33.6 Å². The Balaban J connectivity index is 1.35. The van der Waals surface area contributed by atoms with Crippen molar-refractivity contribution in [2.45, 2.75) is 38.5 Å². The average molecular weight is 480 g/mol. The number of hydrogen-bond acceptors (Lipinski definition) is 7. The number of piperazine rings is 1. The van der Waals surface area contributed by atoms with E-state index in [0.717, 1.165) is 11.7 Å². The Morgan fingerprint density at radius 3 is 2.25 bits per heavy atom. The zero-order valence-electron chi connectivity index (χ0n) is 18.7. The number of benzene rings is 1. The molecule has 2 fully saturated rings. The molecule has 0 N–H and O–H groups in total. The van der Waals surface area contributed by atoms with Crippen LogP contribution in [0.3, 0.4) is 0 Å². The zero-order valence-corrected chi connectivity index (χ0v) is 20.3. The van der Waals surface area contributed by atoms with Crippen LogP contribution in [-0.4, -0.2) is 82.4 Å². The Morgan fingerprint density at radius 1 is 0.969 bits per heavy atom. The van der Waals surface area contributed by atoms with Crippen LogP contribution < -0.4 is 0 Å². The van der Waals surface area contributed by atoms with Crippen molar-refractivity contribution in [3.63, 3.8) is 0 Å². The second-order valence-electron chi connectivity index (χ2n) is 9.43. The highest BCUT2D eigenvalue weighted by Gasteiger charge is 2.36. The molecule has 2 saturated heterocycles. The van der Waals surface area contributed by atoms with Crippen LogP contribution in [0.25, 0.3) is 11.0 Å². The molecule has 32 heavy (non-hydrogen) atoms. The summed E-state index contributed by atoms with van der Waals surface area (Å²) in [6, 6.07) is 4.98. The van der Waals surface area contributed by atoms with Gasteiger partial charge in [-0.25, -0.2) is 8.42 Å². The van der Waals surface area contributed by atoms with Gasteiger partial charge in [0.1, 0.15) is 15.9 Å². The van der Waals surface area contributed by atoms with Crippen molar-refractivity contribution < 1.29 is 18.0 Å². The number of hydrogen-bond donors (Lipinski definition) is 0. The van der Waals surface area contributed by atoms with Crippen LogP contribution in [-0.2, 0) is 19.6 Å². The summed E-state index contributed by atoms with van der Waals surface area (Å²) in [4.78, 5) is 29.3. The molecule has 2 aliphatic rings. The quantitative estimate of drug-likeness (QED) is 0.665. The third-order valence-electron chi connectivity index (χ3n) is 6.19. The third-order valence-corrected chi connectivity index (χ3v) is 8.66. The molecule has 174 valence electrons. The van der Waals surface area contributed by atoms with E-state index in [1.807, 2.05) is 25.7 Å². The standard InChI is InChI=1S/C21H29N5O4S2/c1-21(2,3)20(28)25-9-7-15(8-10-25)19(27)24-11-13-26(14-12-24)32(29,30)17-6-4-5-16-18(17)23-31-22-16/h4-6,15H,7-14H2,1-3H3. The molecule has 0 bridgehead atoms. The first-order valence-electron chi connectivity index (χ1n) is 10.9. The minimum Gasteiger partial charge on any atom is -0.342 e. The summed E-state index contributed by atoms with van der Waals surface area (Å²) in [5, 5.41) is 0. The lowest BCUT2D eigenvalue weighted by Gasteiger charge is -2.39. The van der Waals surface area contributed by atoms with Gasteiger partial charge in [0.25, 0.3) is 0 Å². The van der Waals surface area contributed by atoms with Gasteiger partial charge in [-0.1, -0.05) is 26.8 Å². The molecular formula is C21H29N5O4S2. The maximum absolute atomic E-state index is 13.2. The van der Waals surface area contributed by atoms with Gasteiger partial charge in [0.05, 0.1) is 11.7 Å². The molecule has 2 aromatic rings. The molecule has 1 aromatic carbocycles. The van der Waals surface area contributed by atoms with Crippen LogP contribution in [0.5, 0.6) is 0 Å². The first-order chi connectivity index (χ1) is 15.1. The van der Waals surface area contributed by atoms with Crippen molar-refractivity contribution >= 4 is 44.6 Å². The number of aromatic nitrogens is 2. The van der Waals surface area contributed by atoms with E-state index in [0.29, 0.717) is 50.1 Å². The highest BCUT2D eigenvalue weighted by Crippen LogP contribution is 2.27. The summed E-state index contributed by atoms with van der Waals surface area (Å²) in [6.45, 7) is 8.14. The van der Waals surface area contributed by atoms with Gasteiger partial charge in [0.15, 0.2) is 0 Å². The molecule has 0 spiro atoms. The molecule has 0 saturated carbocycles. The van der Waals surface area contributed by atoms with E-state index >= 15 is 0 Å². The van der Waals surface area contributed by atoms with E-state index in [1.54, 1.807) is 23.1 Å². The maximum atomic E-state index is 13.2. The van der Waals surface area contributed by atoms with E-state index in [2.05, 4.69) is 8.75 Å². The van der Waals surface area contributed by atoms with Gasteiger partial charge < -0.3 is 9.80 Å². The molecule has 2 amide bonds. The van der Waals surface area contributed by atoms with E-state index in [-0.39, 0.29) is 35.7 Å². The van der Waals surface area contributed by atoms with Crippen LogP contribution in [0.4, 0.5) is 0 Å². The second kappa shape index (κ2) is 8.68. The van der Waals surface area contributed by atoms with E-state index in [1.165, 1.54) is 4.31 Å². The summed E-state index contributed by atoms with van der Waals surface area (Å²) < 4.78 is 36.1. The molecule has 11 heteroatoms. The molecule has 0 radical (unpaired) electrons. The fraction of sp³-hybridized carbons (Fsp3) is 0.619. The number of rotatable bonds is 3. The molecule has 0 unspecified atom stereocenters. The smallest absolute Gasteiger partial charge is 0.245 e. The zero-order chi connectivity index (χ0) is 23.1. The SMILES string of the molecule is CC(C)(C)C(=O)N1CCC(C(=O)N2CCN(S(=O)(=O)c3cccc4nsnc34)CC2)CC1. The lowest BCUT2D eigenvalue weighted by atomic mass is 9.90. The normalized spacial score (nSPS) is 19.5. The third kappa shape index (κ3) is 4.38. The molecule has 4 rings (SSSR count). The number of carbonyl (C=O) groups is 2. The summed E-state index contributed by atoms with van der Waals surface area (Å²) in [6.07, 6.45) is 1.30. The maximum Gasteiger partial charge on any atom is 0.245 e. The number of likely N-dealkylation sites (tertiary alicyclic amines) is 1. The summed E-state index contributed by atoms with van der Waals surface area (Å²) in [7, 11) is -3.71. The van der Waals surface area contributed by atoms with Gasteiger partial charge in [-0.3, -0.25) is 9.59 Å². The Morgan fingerprint density at radius 2 is 1.62 bits per heavy atom. The Bertz CT molecular complexity index is 1110. The molecule has 2 aliphatic heterocycles. The van der Waals surface area contributed by atoms with Gasteiger partial charge in [-0.2, -0.15) is 13.1 Å². The topological polar surface area (TPSA) is 104 Å². The number of fused-ring (bicyclic) bond motifs is 1. The average Bonchev–Trinajstić information content (AvgIpc) is 3.26. The van der Waals surface area contributed by atoms with Crippen LogP contribution in [0.15, 0.2) is 23.1 Å². The van der Waals surface area contributed by atoms with Crippen LogP contribution in [0, 0.1) is 11.3 Å². The highest BCUT2D eigenvalue weighted by molar-refractivity contribution is 7.89. The lowest BCUT2D eigenvalue weighted by molar-refractivity contribution is -0.145. The largest absolute Gasteiger partial charge is 0.342 e. The summed E-state index contributed by atoms with van der Waals surface area (Å²) in [5.74, 6) is 0.0697. The lowest BCUT2D eigenvalue weighted by Crippen LogP contribution is -2.53. The van der Waals surface area contributed by atoms with Gasteiger partial charge in [-0.05, 0) is 25.0 Å². The van der Waals surface area contributed by atoms with Crippen molar-refractivity contribution in [3.8, 4) is 0 Å². The van der Waals surface area contributed by atoms with Crippen LogP contribution >= 0.6 is 11.7 Å². The van der Waals surface area contributed by atoms with Crippen molar-refractivity contribution in [1.29, 1.82) is 0 Å². The van der Waals surface area contributed by atoms with Crippen molar-refractivity contribution in [3.05, 3.63) is 18.2 Å². The molecule has 3 heterocycles. The molecular weight excluding hydrogens is 450 g/mol. The minimum atomic E-state index is -3.71. The van der Waals surface area contributed by atoms with Crippen LogP contribution in [0.2, 0.25) is 0 Å². The highest BCUT2D eigenvalue weighted by atomic mass is 32.2. The van der Waals surface area contributed by atoms with Crippen molar-refractivity contribution in [1.82, 2.24) is 22.9 Å². The predicted molar refractivity (Wildman–Crippen MR) is 122 cm³/mol. The molecule has 1 aromatic heterocycles. The summed E-state index contributed by atoms with van der Waals surface area (Å²) in [5.41, 5.74) is 0.547. The second-order valence-corrected chi connectivity index (χ2v) is 11.9. The van der Waals surface area contributed by atoms with E-state index in [4.69, 9.17) is 0 Å². The predicted octanol–water partition coefficient (Wildman–Crippen LogP) is 1.81. The Hall–Kier alpha value is -2.11. The molecule has 0 aliphatic carbocycles. The number of carbonyl (C=O) groups excluding carboxylic acids is 2. The number of amides is 2. The van der Waals surface area contributed by atoms with E-state index in [9.17, 15) is 18.0 Å². The Kier molecular flexibility index (Phi) is 6.25. The fourth-order valence-electron chi connectivity index (χ4n) is 4.34. The molecule has 9 nitrogen and oxygen atoms in total. The van der Waals surface area contributed by atoms with Crippen molar-refractivity contribution in [2.75, 3.05) is 39.3 Å². The monoisotopic (exact) mass is 479 g/mol. The van der Waals surface area contributed by atoms with Gasteiger partial charge in [0.2, 0.25) is 21.8 Å². The number of nitrogens with zero attached hydrogens (tertiary/aromatic N) is 5. The first kappa shape index (κ1) is 23.1. The Labute approximate surface area is 192 Å². The first-order valence-corrected chi connectivity index (χ1v) is 13.1. The van der Waals surface area contributed by atoms with E-state index < -0.39 is 15.4 Å². The molecule has 0 atom stereocenters. The van der Waals surface area contributed by atoms with Gasteiger partial charge >= 0.3 is 0 Å². The van der Waals surface area contributed by atoms with Gasteiger partial charge in [-0.15, -0.1) is 0 Å². The minimum absolute atomic E-state index is 0.0655. The number of sulfonamides is 1. The van der Waals surface area contributed by atoms with Crippen molar-refractivity contribution in [2.24, 2.45) is 11.3 Å². The fourth-order valence-corrected chi connectivity index (χ4v) is 6.51.